The van der Waals surface area contributed by atoms with E-state index in [1.807, 2.05) is 32.0 Å². The van der Waals surface area contributed by atoms with E-state index in [0.29, 0.717) is 6.42 Å². The molecule has 1 saturated carbocycles. The van der Waals surface area contributed by atoms with Crippen molar-refractivity contribution in [2.45, 2.75) is 51.5 Å². The second-order valence-electron chi connectivity index (χ2n) is 5.85. The van der Waals surface area contributed by atoms with Crippen LogP contribution >= 0.6 is 0 Å². The van der Waals surface area contributed by atoms with Gasteiger partial charge in [0.05, 0.1) is 18.4 Å². The number of carbonyl (C=O) groups excluding carboxylic acids is 1. The molecule has 1 amide bonds. The molecule has 0 spiro atoms. The van der Waals surface area contributed by atoms with E-state index >= 15 is 0 Å². The lowest BCUT2D eigenvalue weighted by Gasteiger charge is -2.41. The summed E-state index contributed by atoms with van der Waals surface area (Å²) < 4.78 is 0. The molecule has 4 heteroatoms. The zero-order chi connectivity index (χ0) is 14.8. The third-order valence-electron chi connectivity index (χ3n) is 4.14. The maximum Gasteiger partial charge on any atom is 0.305 e. The smallest absolute Gasteiger partial charge is 0.305 e. The molecule has 0 saturated heterocycles. The number of hydrogen-bond acceptors (Lipinski definition) is 2. The fourth-order valence-corrected chi connectivity index (χ4v) is 2.68. The van der Waals surface area contributed by atoms with Crippen molar-refractivity contribution >= 4 is 11.9 Å². The standard InChI is InChI=1S/C16H21NO3/c1-11-4-5-13(8-12(11)2)9-14(18)17-16(6-3-7-16)10-15(19)20/h4-5,8H,3,6-7,9-10H2,1-2H3,(H,17,18)(H,19,20). The average molecular weight is 275 g/mol. The molecule has 4 nitrogen and oxygen atoms in total. The minimum absolute atomic E-state index is 0.0195. The highest BCUT2D eigenvalue weighted by Gasteiger charge is 2.40. The average Bonchev–Trinajstić information content (AvgIpc) is 2.30. The molecule has 0 aromatic heterocycles. The summed E-state index contributed by atoms with van der Waals surface area (Å²) in [6.07, 6.45) is 2.83. The highest BCUT2D eigenvalue weighted by atomic mass is 16.4. The Balaban J connectivity index is 1.97. The second kappa shape index (κ2) is 5.65. The van der Waals surface area contributed by atoms with E-state index in [1.54, 1.807) is 0 Å². The van der Waals surface area contributed by atoms with Gasteiger partial charge in [-0.3, -0.25) is 9.59 Å². The first-order valence-electron chi connectivity index (χ1n) is 6.99. The Hall–Kier alpha value is -1.84. The fraction of sp³-hybridized carbons (Fsp3) is 0.500. The minimum atomic E-state index is -0.851. The van der Waals surface area contributed by atoms with E-state index in [4.69, 9.17) is 5.11 Å². The van der Waals surface area contributed by atoms with Gasteiger partial charge in [-0.05, 0) is 49.8 Å². The summed E-state index contributed by atoms with van der Waals surface area (Å²) in [5.41, 5.74) is 2.83. The number of hydrogen-bond donors (Lipinski definition) is 2. The number of aryl methyl sites for hydroxylation is 2. The van der Waals surface area contributed by atoms with E-state index < -0.39 is 11.5 Å². The van der Waals surface area contributed by atoms with Crippen LogP contribution in [0.2, 0.25) is 0 Å². The number of carboxylic acids is 1. The number of rotatable bonds is 5. The maximum absolute atomic E-state index is 12.1. The Kier molecular flexibility index (Phi) is 4.12. The van der Waals surface area contributed by atoms with E-state index in [-0.39, 0.29) is 12.3 Å². The number of nitrogens with one attached hydrogen (secondary N) is 1. The molecule has 1 aliphatic carbocycles. The predicted molar refractivity (Wildman–Crippen MR) is 76.6 cm³/mol. The Morgan fingerprint density at radius 1 is 1.25 bits per heavy atom. The monoisotopic (exact) mass is 275 g/mol. The van der Waals surface area contributed by atoms with Crippen molar-refractivity contribution in [3.63, 3.8) is 0 Å². The Morgan fingerprint density at radius 3 is 2.45 bits per heavy atom. The quantitative estimate of drug-likeness (QED) is 0.867. The first kappa shape index (κ1) is 14.6. The second-order valence-corrected chi connectivity index (χ2v) is 5.85. The third-order valence-corrected chi connectivity index (χ3v) is 4.14. The van der Waals surface area contributed by atoms with Crippen LogP contribution in [-0.2, 0) is 16.0 Å². The molecule has 0 radical (unpaired) electrons. The molecule has 1 aromatic carbocycles. The van der Waals surface area contributed by atoms with Crippen molar-refractivity contribution in [3.05, 3.63) is 34.9 Å². The van der Waals surface area contributed by atoms with Gasteiger partial charge in [0.25, 0.3) is 0 Å². The zero-order valence-electron chi connectivity index (χ0n) is 12.0. The van der Waals surface area contributed by atoms with Crippen LogP contribution in [0.1, 0.15) is 42.4 Å². The predicted octanol–water partition coefficient (Wildman–Crippen LogP) is 2.36. The van der Waals surface area contributed by atoms with Gasteiger partial charge < -0.3 is 10.4 Å². The van der Waals surface area contributed by atoms with Gasteiger partial charge in [-0.2, -0.15) is 0 Å². The van der Waals surface area contributed by atoms with Crippen LogP contribution in [0.5, 0.6) is 0 Å². The molecule has 1 fully saturated rings. The van der Waals surface area contributed by atoms with E-state index in [9.17, 15) is 9.59 Å². The van der Waals surface area contributed by atoms with Crippen molar-refractivity contribution in [1.82, 2.24) is 5.32 Å². The van der Waals surface area contributed by atoms with Gasteiger partial charge in [-0.15, -0.1) is 0 Å². The topological polar surface area (TPSA) is 66.4 Å². The van der Waals surface area contributed by atoms with E-state index in [2.05, 4.69) is 5.32 Å². The highest BCUT2D eigenvalue weighted by molar-refractivity contribution is 5.80. The maximum atomic E-state index is 12.1. The molecule has 0 bridgehead atoms. The van der Waals surface area contributed by atoms with E-state index in [1.165, 1.54) is 11.1 Å². The molecule has 2 rings (SSSR count). The van der Waals surface area contributed by atoms with Gasteiger partial charge in [-0.25, -0.2) is 0 Å². The summed E-state index contributed by atoms with van der Waals surface area (Å²) in [7, 11) is 0. The van der Waals surface area contributed by atoms with Crippen molar-refractivity contribution in [1.29, 1.82) is 0 Å². The van der Waals surface area contributed by atoms with Gasteiger partial charge in [0.15, 0.2) is 0 Å². The van der Waals surface area contributed by atoms with Crippen molar-refractivity contribution in [2.75, 3.05) is 0 Å². The number of benzene rings is 1. The lowest BCUT2D eigenvalue weighted by atomic mass is 9.74. The molecule has 108 valence electrons. The first-order chi connectivity index (χ1) is 9.40. The number of amides is 1. The highest BCUT2D eigenvalue weighted by Crippen LogP contribution is 2.35. The van der Waals surface area contributed by atoms with Crippen LogP contribution in [0.3, 0.4) is 0 Å². The van der Waals surface area contributed by atoms with Crippen molar-refractivity contribution < 1.29 is 14.7 Å². The van der Waals surface area contributed by atoms with Gasteiger partial charge >= 0.3 is 5.97 Å². The lowest BCUT2D eigenvalue weighted by molar-refractivity contribution is -0.140. The summed E-state index contributed by atoms with van der Waals surface area (Å²) in [6.45, 7) is 4.06. The molecular formula is C16H21NO3. The Bertz CT molecular complexity index is 533. The summed E-state index contributed by atoms with van der Waals surface area (Å²) in [6, 6.07) is 5.97. The van der Waals surface area contributed by atoms with Gasteiger partial charge in [0, 0.05) is 0 Å². The third kappa shape index (κ3) is 3.38. The van der Waals surface area contributed by atoms with Gasteiger partial charge in [-0.1, -0.05) is 18.2 Å². The van der Waals surface area contributed by atoms with Crippen LogP contribution in [0.4, 0.5) is 0 Å². The SMILES string of the molecule is Cc1ccc(CC(=O)NC2(CC(=O)O)CCC2)cc1C. The molecule has 20 heavy (non-hydrogen) atoms. The molecule has 0 atom stereocenters. The Labute approximate surface area is 119 Å². The van der Waals surface area contributed by atoms with Crippen LogP contribution in [-0.4, -0.2) is 22.5 Å². The molecular weight excluding hydrogens is 254 g/mol. The molecule has 0 heterocycles. The molecule has 1 aromatic rings. The fourth-order valence-electron chi connectivity index (χ4n) is 2.68. The summed E-state index contributed by atoms with van der Waals surface area (Å²) in [5.74, 6) is -0.939. The largest absolute Gasteiger partial charge is 0.481 e. The Morgan fingerprint density at radius 2 is 1.95 bits per heavy atom. The number of carboxylic acid groups (broad SMARTS) is 1. The number of aliphatic carboxylic acids is 1. The summed E-state index contributed by atoms with van der Waals surface area (Å²) in [5, 5.41) is 11.9. The van der Waals surface area contributed by atoms with Crippen LogP contribution < -0.4 is 5.32 Å². The zero-order valence-corrected chi connectivity index (χ0v) is 12.0. The van der Waals surface area contributed by atoms with Crippen LogP contribution in [0, 0.1) is 13.8 Å². The van der Waals surface area contributed by atoms with Crippen molar-refractivity contribution in [3.8, 4) is 0 Å². The molecule has 0 unspecified atom stereocenters. The molecule has 2 N–H and O–H groups in total. The van der Waals surface area contributed by atoms with Gasteiger partial charge in [0.1, 0.15) is 0 Å². The minimum Gasteiger partial charge on any atom is -0.481 e. The normalized spacial score (nSPS) is 16.3. The lowest BCUT2D eigenvalue weighted by Crippen LogP contribution is -2.55. The van der Waals surface area contributed by atoms with Crippen LogP contribution in [0.15, 0.2) is 18.2 Å². The molecule has 0 aliphatic heterocycles. The first-order valence-corrected chi connectivity index (χ1v) is 6.99. The summed E-state index contributed by atoms with van der Waals surface area (Å²) >= 11 is 0. The number of carbonyl (C=O) groups is 2. The molecule has 1 aliphatic rings. The van der Waals surface area contributed by atoms with Gasteiger partial charge in [0.2, 0.25) is 5.91 Å². The van der Waals surface area contributed by atoms with E-state index in [0.717, 1.165) is 24.8 Å². The summed E-state index contributed by atoms with van der Waals surface area (Å²) in [4.78, 5) is 23.0. The van der Waals surface area contributed by atoms with Crippen molar-refractivity contribution in [2.24, 2.45) is 0 Å². The van der Waals surface area contributed by atoms with Crippen LogP contribution in [0.25, 0.3) is 0 Å².